The zero-order chi connectivity index (χ0) is 14.7. The summed E-state index contributed by atoms with van der Waals surface area (Å²) in [7, 11) is 1.22. The SMILES string of the molecule is C#Cc1cccc(-n2nc(C)cc(C(=O)OC)c2=O)c1. The van der Waals surface area contributed by atoms with Crippen LogP contribution in [0.1, 0.15) is 21.6 Å². The number of nitrogens with zero attached hydrogens (tertiary/aromatic N) is 2. The van der Waals surface area contributed by atoms with Gasteiger partial charge in [-0.05, 0) is 31.2 Å². The maximum absolute atomic E-state index is 12.3. The van der Waals surface area contributed by atoms with Crippen LogP contribution >= 0.6 is 0 Å². The van der Waals surface area contributed by atoms with Crippen LogP contribution in [0.25, 0.3) is 5.69 Å². The van der Waals surface area contributed by atoms with Crippen LogP contribution in [-0.2, 0) is 4.74 Å². The molecule has 1 aromatic carbocycles. The zero-order valence-electron chi connectivity index (χ0n) is 11.1. The van der Waals surface area contributed by atoms with E-state index in [2.05, 4.69) is 15.8 Å². The Morgan fingerprint density at radius 3 is 2.80 bits per heavy atom. The van der Waals surface area contributed by atoms with E-state index < -0.39 is 11.5 Å². The Balaban J connectivity index is 2.69. The van der Waals surface area contributed by atoms with Crippen molar-refractivity contribution in [1.82, 2.24) is 9.78 Å². The Hall–Kier alpha value is -2.87. The lowest BCUT2D eigenvalue weighted by atomic mass is 10.2. The predicted octanol–water partition coefficient (Wildman–Crippen LogP) is 1.31. The number of rotatable bonds is 2. The molecule has 0 bridgehead atoms. The highest BCUT2D eigenvalue weighted by Gasteiger charge is 2.15. The van der Waals surface area contributed by atoms with Gasteiger partial charge in [0.1, 0.15) is 5.56 Å². The molecule has 20 heavy (non-hydrogen) atoms. The Kier molecular flexibility index (Phi) is 3.67. The summed E-state index contributed by atoms with van der Waals surface area (Å²) >= 11 is 0. The Labute approximate surface area is 115 Å². The fourth-order valence-electron chi connectivity index (χ4n) is 1.78. The molecule has 0 radical (unpaired) electrons. The van der Waals surface area contributed by atoms with Gasteiger partial charge in [-0.25, -0.2) is 4.79 Å². The van der Waals surface area contributed by atoms with E-state index in [4.69, 9.17) is 6.42 Å². The standard InChI is InChI=1S/C15H12N2O3/c1-4-11-6-5-7-12(9-11)17-14(18)13(15(19)20-3)8-10(2)16-17/h1,5-9H,2-3H3. The van der Waals surface area contributed by atoms with Gasteiger partial charge >= 0.3 is 5.97 Å². The maximum Gasteiger partial charge on any atom is 0.343 e. The van der Waals surface area contributed by atoms with Crippen LogP contribution in [0.15, 0.2) is 35.1 Å². The Morgan fingerprint density at radius 1 is 1.40 bits per heavy atom. The number of benzene rings is 1. The summed E-state index contributed by atoms with van der Waals surface area (Å²) in [5, 5.41) is 4.12. The smallest absolute Gasteiger partial charge is 0.343 e. The summed E-state index contributed by atoms with van der Waals surface area (Å²) in [5.74, 6) is 1.79. The lowest BCUT2D eigenvalue weighted by Gasteiger charge is -2.08. The molecule has 5 nitrogen and oxygen atoms in total. The highest BCUT2D eigenvalue weighted by Crippen LogP contribution is 2.08. The molecule has 0 fully saturated rings. The van der Waals surface area contributed by atoms with Gasteiger partial charge in [-0.2, -0.15) is 9.78 Å². The first kappa shape index (κ1) is 13.6. The second kappa shape index (κ2) is 5.41. The number of ether oxygens (including phenoxy) is 1. The van der Waals surface area contributed by atoms with Crippen LogP contribution in [0, 0.1) is 19.3 Å². The number of aryl methyl sites for hydroxylation is 1. The van der Waals surface area contributed by atoms with Crippen molar-refractivity contribution >= 4 is 5.97 Å². The minimum atomic E-state index is -0.692. The van der Waals surface area contributed by atoms with Gasteiger partial charge in [-0.1, -0.05) is 12.0 Å². The third-order valence-electron chi connectivity index (χ3n) is 2.70. The van der Waals surface area contributed by atoms with Gasteiger partial charge in [-0.3, -0.25) is 4.79 Å². The Morgan fingerprint density at radius 2 is 2.15 bits per heavy atom. The third kappa shape index (κ3) is 2.45. The molecule has 1 aromatic heterocycles. The number of hydrogen-bond acceptors (Lipinski definition) is 4. The molecule has 0 aliphatic rings. The van der Waals surface area contributed by atoms with Crippen molar-refractivity contribution in [3.63, 3.8) is 0 Å². The van der Waals surface area contributed by atoms with E-state index in [1.807, 2.05) is 0 Å². The largest absolute Gasteiger partial charge is 0.465 e. The molecular formula is C15H12N2O3. The summed E-state index contributed by atoms with van der Waals surface area (Å²) in [5.41, 5.74) is 1.04. The van der Waals surface area contributed by atoms with E-state index in [0.717, 1.165) is 4.68 Å². The number of carbonyl (C=O) groups excluding carboxylic acids is 1. The van der Waals surface area contributed by atoms with Crippen molar-refractivity contribution in [3.8, 4) is 18.0 Å². The first-order valence-electron chi connectivity index (χ1n) is 5.83. The van der Waals surface area contributed by atoms with E-state index in [-0.39, 0.29) is 5.56 Å². The molecule has 0 saturated heterocycles. The predicted molar refractivity (Wildman–Crippen MR) is 73.8 cm³/mol. The topological polar surface area (TPSA) is 61.2 Å². The number of esters is 1. The second-order valence-corrected chi connectivity index (χ2v) is 4.10. The first-order chi connectivity index (χ1) is 9.56. The van der Waals surface area contributed by atoms with Gasteiger partial charge in [-0.15, -0.1) is 6.42 Å². The molecule has 0 atom stereocenters. The number of aromatic nitrogens is 2. The summed E-state index contributed by atoms with van der Waals surface area (Å²) in [4.78, 5) is 23.9. The number of methoxy groups -OCH3 is 1. The molecule has 0 N–H and O–H groups in total. The molecule has 2 aromatic rings. The van der Waals surface area contributed by atoms with Crippen molar-refractivity contribution in [2.75, 3.05) is 7.11 Å². The molecule has 0 spiro atoms. The average molecular weight is 268 g/mol. The minimum absolute atomic E-state index is 0.0638. The van der Waals surface area contributed by atoms with Crippen LogP contribution in [-0.4, -0.2) is 22.9 Å². The zero-order valence-corrected chi connectivity index (χ0v) is 11.1. The van der Waals surface area contributed by atoms with Gasteiger partial charge < -0.3 is 4.74 Å². The van der Waals surface area contributed by atoms with E-state index >= 15 is 0 Å². The van der Waals surface area contributed by atoms with Crippen LogP contribution in [0.5, 0.6) is 0 Å². The third-order valence-corrected chi connectivity index (χ3v) is 2.70. The van der Waals surface area contributed by atoms with Crippen LogP contribution in [0.4, 0.5) is 0 Å². The van der Waals surface area contributed by atoms with Crippen molar-refractivity contribution < 1.29 is 9.53 Å². The number of terminal acetylenes is 1. The fraction of sp³-hybridized carbons (Fsp3) is 0.133. The molecule has 5 heteroatoms. The van der Waals surface area contributed by atoms with Gasteiger partial charge in [0, 0.05) is 5.56 Å². The molecule has 100 valence electrons. The van der Waals surface area contributed by atoms with E-state index in [1.54, 1.807) is 31.2 Å². The first-order valence-corrected chi connectivity index (χ1v) is 5.83. The van der Waals surface area contributed by atoms with Gasteiger partial charge in [0.05, 0.1) is 18.5 Å². The summed E-state index contributed by atoms with van der Waals surface area (Å²) in [6.07, 6.45) is 5.33. The molecule has 0 aliphatic carbocycles. The molecule has 2 rings (SSSR count). The lowest BCUT2D eigenvalue weighted by Crippen LogP contribution is -2.28. The molecule has 0 saturated carbocycles. The van der Waals surface area contributed by atoms with Crippen molar-refractivity contribution in [1.29, 1.82) is 0 Å². The van der Waals surface area contributed by atoms with Gasteiger partial charge in [0.2, 0.25) is 0 Å². The normalized spacial score (nSPS) is 9.85. The average Bonchev–Trinajstić information content (AvgIpc) is 2.48. The quantitative estimate of drug-likeness (QED) is 0.608. The van der Waals surface area contributed by atoms with E-state index in [9.17, 15) is 9.59 Å². The maximum atomic E-state index is 12.3. The number of hydrogen-bond donors (Lipinski definition) is 0. The summed E-state index contributed by atoms with van der Waals surface area (Å²) < 4.78 is 5.74. The van der Waals surface area contributed by atoms with Crippen molar-refractivity contribution in [2.24, 2.45) is 0 Å². The van der Waals surface area contributed by atoms with Gasteiger partial charge in [0.15, 0.2) is 0 Å². The molecule has 1 heterocycles. The summed E-state index contributed by atoms with van der Waals surface area (Å²) in [6.45, 7) is 1.69. The monoisotopic (exact) mass is 268 g/mol. The molecule has 0 aliphatic heterocycles. The molecular weight excluding hydrogens is 256 g/mol. The molecule has 0 unspecified atom stereocenters. The lowest BCUT2D eigenvalue weighted by molar-refractivity contribution is 0.0597. The number of carbonyl (C=O) groups is 1. The second-order valence-electron chi connectivity index (χ2n) is 4.10. The van der Waals surface area contributed by atoms with Gasteiger partial charge in [0.25, 0.3) is 5.56 Å². The summed E-state index contributed by atoms with van der Waals surface area (Å²) in [6, 6.07) is 8.20. The van der Waals surface area contributed by atoms with Crippen LogP contribution in [0.3, 0.4) is 0 Å². The molecule has 0 amide bonds. The minimum Gasteiger partial charge on any atom is -0.465 e. The van der Waals surface area contributed by atoms with Crippen molar-refractivity contribution in [3.05, 3.63) is 57.5 Å². The van der Waals surface area contributed by atoms with E-state index in [1.165, 1.54) is 13.2 Å². The Bertz CT molecular complexity index is 769. The highest BCUT2D eigenvalue weighted by atomic mass is 16.5. The van der Waals surface area contributed by atoms with Crippen molar-refractivity contribution in [2.45, 2.75) is 6.92 Å². The van der Waals surface area contributed by atoms with E-state index in [0.29, 0.717) is 16.9 Å². The highest BCUT2D eigenvalue weighted by molar-refractivity contribution is 5.89. The fourth-order valence-corrected chi connectivity index (χ4v) is 1.78. The van der Waals surface area contributed by atoms with Crippen LogP contribution in [0.2, 0.25) is 0 Å². The van der Waals surface area contributed by atoms with Crippen LogP contribution < -0.4 is 5.56 Å².